The van der Waals surface area contributed by atoms with Gasteiger partial charge in [-0.05, 0) is 12.8 Å². The minimum atomic E-state index is 0.178. The summed E-state index contributed by atoms with van der Waals surface area (Å²) in [6.45, 7) is 1.86. The summed E-state index contributed by atoms with van der Waals surface area (Å²) in [5, 5.41) is 11.3. The summed E-state index contributed by atoms with van der Waals surface area (Å²) in [6.07, 6.45) is 8.77. The van der Waals surface area contributed by atoms with Crippen LogP contribution in [0, 0.1) is 5.92 Å². The van der Waals surface area contributed by atoms with Gasteiger partial charge in [0, 0.05) is 19.0 Å². The first kappa shape index (κ1) is 11.8. The molecule has 0 spiro atoms. The molecular weight excluding hydrogens is 228 g/mol. The Labute approximate surface area is 107 Å². The molecule has 2 fully saturated rings. The van der Waals surface area contributed by atoms with Gasteiger partial charge in [0.2, 0.25) is 0 Å². The predicted molar refractivity (Wildman–Crippen MR) is 67.5 cm³/mol. The average molecular weight is 248 g/mol. The highest BCUT2D eigenvalue weighted by molar-refractivity contribution is 5.95. The molecule has 2 heterocycles. The van der Waals surface area contributed by atoms with Crippen molar-refractivity contribution in [3.8, 4) is 0 Å². The van der Waals surface area contributed by atoms with Gasteiger partial charge in [-0.1, -0.05) is 30.9 Å². The second-order valence-electron chi connectivity index (χ2n) is 5.45. The summed E-state index contributed by atoms with van der Waals surface area (Å²) in [7, 11) is 0. The fourth-order valence-electron chi connectivity index (χ4n) is 2.78. The van der Waals surface area contributed by atoms with E-state index in [4.69, 9.17) is 0 Å². The Hall–Kier alpha value is -1.23. The maximum Gasteiger partial charge on any atom is 0.187 e. The number of nitrogens with one attached hydrogen (secondary N) is 1. The minimum Gasteiger partial charge on any atom is -0.312 e. The van der Waals surface area contributed by atoms with Crippen LogP contribution >= 0.6 is 0 Å². The van der Waals surface area contributed by atoms with Crippen LogP contribution in [0.15, 0.2) is 6.20 Å². The topological polar surface area (TPSA) is 59.8 Å². The zero-order valence-corrected chi connectivity index (χ0v) is 10.6. The third kappa shape index (κ3) is 2.32. The van der Waals surface area contributed by atoms with Gasteiger partial charge in [-0.3, -0.25) is 4.79 Å². The fourth-order valence-corrected chi connectivity index (χ4v) is 2.78. The Morgan fingerprint density at radius 1 is 1.22 bits per heavy atom. The van der Waals surface area contributed by atoms with Crippen LogP contribution in [0.2, 0.25) is 0 Å². The Morgan fingerprint density at radius 2 is 1.94 bits per heavy atom. The van der Waals surface area contributed by atoms with Crippen molar-refractivity contribution >= 4 is 5.78 Å². The van der Waals surface area contributed by atoms with Crippen molar-refractivity contribution in [3.63, 3.8) is 0 Å². The van der Waals surface area contributed by atoms with E-state index in [1.807, 2.05) is 10.9 Å². The van der Waals surface area contributed by atoms with E-state index in [-0.39, 0.29) is 11.7 Å². The molecule has 3 rings (SSSR count). The van der Waals surface area contributed by atoms with Crippen molar-refractivity contribution in [1.82, 2.24) is 20.3 Å². The van der Waals surface area contributed by atoms with Crippen molar-refractivity contribution < 1.29 is 4.79 Å². The normalized spacial score (nSPS) is 22.4. The zero-order chi connectivity index (χ0) is 12.4. The summed E-state index contributed by atoms with van der Waals surface area (Å²) in [4.78, 5) is 12.4. The third-order valence-electron chi connectivity index (χ3n) is 4.12. The highest BCUT2D eigenvalue weighted by Gasteiger charge is 2.26. The number of carbonyl (C=O) groups excluding carboxylic acids is 1. The lowest BCUT2D eigenvalue weighted by Gasteiger charge is -2.26. The van der Waals surface area contributed by atoms with Crippen molar-refractivity contribution in [2.75, 3.05) is 13.1 Å². The van der Waals surface area contributed by atoms with Gasteiger partial charge in [-0.25, -0.2) is 4.68 Å². The van der Waals surface area contributed by atoms with Gasteiger partial charge < -0.3 is 5.32 Å². The Morgan fingerprint density at radius 3 is 2.56 bits per heavy atom. The van der Waals surface area contributed by atoms with Gasteiger partial charge in [0.1, 0.15) is 5.69 Å². The second kappa shape index (κ2) is 5.18. The lowest BCUT2D eigenvalue weighted by atomic mass is 9.94. The van der Waals surface area contributed by atoms with Gasteiger partial charge >= 0.3 is 0 Å². The number of Topliss-reactive ketones (excluding diaryl/α,β-unsaturated/α-hetero) is 1. The number of nitrogens with zero attached hydrogens (tertiary/aromatic N) is 3. The van der Waals surface area contributed by atoms with Crippen LogP contribution < -0.4 is 5.32 Å². The van der Waals surface area contributed by atoms with E-state index in [0.717, 1.165) is 25.9 Å². The number of rotatable bonds is 3. The smallest absolute Gasteiger partial charge is 0.187 e. The Balaban J connectivity index is 1.68. The van der Waals surface area contributed by atoms with Crippen molar-refractivity contribution in [2.24, 2.45) is 5.92 Å². The zero-order valence-electron chi connectivity index (χ0n) is 10.6. The second-order valence-corrected chi connectivity index (χ2v) is 5.45. The van der Waals surface area contributed by atoms with Gasteiger partial charge in [0.15, 0.2) is 5.78 Å². The first-order valence-electron chi connectivity index (χ1n) is 7.01. The first-order valence-corrected chi connectivity index (χ1v) is 7.01. The first-order chi connectivity index (χ1) is 8.84. The van der Waals surface area contributed by atoms with E-state index in [1.165, 1.54) is 25.7 Å². The molecule has 5 heteroatoms. The lowest BCUT2D eigenvalue weighted by Crippen LogP contribution is -2.43. The molecule has 0 atom stereocenters. The Kier molecular flexibility index (Phi) is 3.41. The van der Waals surface area contributed by atoms with Crippen LogP contribution in [0.25, 0.3) is 0 Å². The molecule has 5 nitrogen and oxygen atoms in total. The maximum atomic E-state index is 12.4. The summed E-state index contributed by atoms with van der Waals surface area (Å²) < 4.78 is 1.83. The fraction of sp³-hybridized carbons (Fsp3) is 0.769. The molecule has 1 aliphatic carbocycles. The molecule has 1 saturated heterocycles. The summed E-state index contributed by atoms with van der Waals surface area (Å²) in [6, 6.07) is 0.383. The van der Waals surface area contributed by atoms with Crippen LogP contribution in [-0.4, -0.2) is 33.9 Å². The number of hydrogen-bond donors (Lipinski definition) is 1. The Bertz CT molecular complexity index is 416. The van der Waals surface area contributed by atoms with Crippen LogP contribution in [0.1, 0.15) is 55.1 Å². The highest BCUT2D eigenvalue weighted by Crippen LogP contribution is 2.25. The summed E-state index contributed by atoms with van der Waals surface area (Å²) >= 11 is 0. The molecule has 1 N–H and O–H groups in total. The van der Waals surface area contributed by atoms with E-state index in [0.29, 0.717) is 11.7 Å². The number of ketones is 1. The number of carbonyl (C=O) groups is 1. The molecule has 0 amide bonds. The molecule has 0 unspecified atom stereocenters. The molecule has 1 aromatic heterocycles. The molecule has 0 radical (unpaired) electrons. The van der Waals surface area contributed by atoms with Crippen LogP contribution in [0.4, 0.5) is 0 Å². The monoisotopic (exact) mass is 248 g/mol. The third-order valence-corrected chi connectivity index (χ3v) is 4.12. The summed E-state index contributed by atoms with van der Waals surface area (Å²) in [5.74, 6) is 0.382. The van der Waals surface area contributed by atoms with E-state index >= 15 is 0 Å². The van der Waals surface area contributed by atoms with E-state index in [1.54, 1.807) is 0 Å². The van der Waals surface area contributed by atoms with Gasteiger partial charge in [0.05, 0.1) is 12.2 Å². The van der Waals surface area contributed by atoms with Crippen LogP contribution in [0.5, 0.6) is 0 Å². The molecular formula is C13H20N4O. The molecule has 1 aromatic rings. The predicted octanol–water partition coefficient (Wildman–Crippen LogP) is 1.58. The molecule has 2 aliphatic rings. The molecule has 0 bridgehead atoms. The van der Waals surface area contributed by atoms with Crippen molar-refractivity contribution in [2.45, 2.75) is 44.6 Å². The number of aromatic nitrogens is 3. The number of hydrogen-bond acceptors (Lipinski definition) is 4. The quantitative estimate of drug-likeness (QED) is 0.651. The molecule has 18 heavy (non-hydrogen) atoms. The van der Waals surface area contributed by atoms with Gasteiger partial charge in [-0.15, -0.1) is 5.10 Å². The van der Waals surface area contributed by atoms with Gasteiger partial charge in [-0.2, -0.15) is 0 Å². The SMILES string of the molecule is O=C(c1cn(C2CNC2)nn1)C1CCCCCC1. The largest absolute Gasteiger partial charge is 0.312 e. The van der Waals surface area contributed by atoms with E-state index in [2.05, 4.69) is 15.6 Å². The van der Waals surface area contributed by atoms with Crippen molar-refractivity contribution in [1.29, 1.82) is 0 Å². The van der Waals surface area contributed by atoms with E-state index in [9.17, 15) is 4.79 Å². The summed E-state index contributed by atoms with van der Waals surface area (Å²) in [5.41, 5.74) is 0.564. The van der Waals surface area contributed by atoms with Crippen molar-refractivity contribution in [3.05, 3.63) is 11.9 Å². The van der Waals surface area contributed by atoms with Gasteiger partial charge in [0.25, 0.3) is 0 Å². The minimum absolute atomic E-state index is 0.178. The van der Waals surface area contributed by atoms with Crippen LogP contribution in [0.3, 0.4) is 0 Å². The maximum absolute atomic E-state index is 12.4. The lowest BCUT2D eigenvalue weighted by molar-refractivity contribution is 0.0902. The molecule has 0 aromatic carbocycles. The van der Waals surface area contributed by atoms with E-state index < -0.39 is 0 Å². The molecule has 1 saturated carbocycles. The average Bonchev–Trinajstić information content (AvgIpc) is 2.62. The molecule has 1 aliphatic heterocycles. The highest BCUT2D eigenvalue weighted by atomic mass is 16.1. The standard InChI is InChI=1S/C13H20N4O/c18-13(10-5-3-1-2-4-6-10)12-9-17(16-15-12)11-7-14-8-11/h9-11,14H,1-8H2. The molecule has 98 valence electrons. The van der Waals surface area contributed by atoms with Crippen LogP contribution in [-0.2, 0) is 0 Å².